The van der Waals surface area contributed by atoms with Crippen molar-refractivity contribution in [2.24, 2.45) is 11.8 Å². The average molecular weight is 546 g/mol. The van der Waals surface area contributed by atoms with E-state index in [0.717, 1.165) is 17.0 Å². The minimum atomic E-state index is -4.54. The van der Waals surface area contributed by atoms with E-state index in [1.54, 1.807) is 0 Å². The molecule has 0 unspecified atom stereocenters. The zero-order chi connectivity index (χ0) is 27.0. The topological polar surface area (TPSA) is 114 Å². The van der Waals surface area contributed by atoms with Crippen LogP contribution < -0.4 is 5.32 Å². The number of benzene rings is 1. The zero-order valence-corrected chi connectivity index (χ0v) is 20.6. The summed E-state index contributed by atoms with van der Waals surface area (Å²) < 4.78 is 81.3. The van der Waals surface area contributed by atoms with Crippen LogP contribution in [0.5, 0.6) is 0 Å². The van der Waals surface area contributed by atoms with Crippen LogP contribution in [0.2, 0.25) is 0 Å². The molecule has 0 spiro atoms. The number of halogens is 4. The molecule has 0 aliphatic carbocycles. The van der Waals surface area contributed by atoms with Crippen molar-refractivity contribution in [3.63, 3.8) is 0 Å². The summed E-state index contributed by atoms with van der Waals surface area (Å²) in [4.78, 5) is 27.2. The van der Waals surface area contributed by atoms with Crippen LogP contribution in [0.25, 0.3) is 0 Å². The number of rotatable bonds is 6. The van der Waals surface area contributed by atoms with Crippen LogP contribution in [-0.2, 0) is 32.5 Å². The largest absolute Gasteiger partial charge is 0.416 e. The van der Waals surface area contributed by atoms with Gasteiger partial charge >= 0.3 is 6.18 Å². The van der Waals surface area contributed by atoms with Crippen molar-refractivity contribution in [1.82, 2.24) is 18.8 Å². The number of amides is 2. The molecule has 37 heavy (non-hydrogen) atoms. The van der Waals surface area contributed by atoms with Crippen molar-refractivity contribution in [2.75, 3.05) is 32.7 Å². The molecule has 3 aliphatic heterocycles. The Hall–Kier alpha value is -2.76. The highest BCUT2D eigenvalue weighted by Crippen LogP contribution is 2.31. The van der Waals surface area contributed by atoms with E-state index in [0.29, 0.717) is 12.8 Å². The fraction of sp³-hybridized carbons (Fsp3) is 0.609. The lowest BCUT2D eigenvalue weighted by Crippen LogP contribution is -2.57. The van der Waals surface area contributed by atoms with Gasteiger partial charge in [-0.3, -0.25) is 9.59 Å². The number of piperidine rings is 1. The molecule has 0 radical (unpaired) electrons. The van der Waals surface area contributed by atoms with Crippen LogP contribution in [0.4, 0.5) is 17.6 Å². The van der Waals surface area contributed by atoms with Crippen molar-refractivity contribution < 1.29 is 35.6 Å². The number of hydrogen-bond acceptors (Lipinski definition) is 5. The second-order valence-electron chi connectivity index (χ2n) is 9.60. The summed E-state index contributed by atoms with van der Waals surface area (Å²) in [5.74, 6) is -2.34. The third-order valence-electron chi connectivity index (χ3n) is 6.97. The van der Waals surface area contributed by atoms with Crippen molar-refractivity contribution in [3.05, 3.63) is 35.4 Å². The van der Waals surface area contributed by atoms with Gasteiger partial charge in [0.15, 0.2) is 0 Å². The monoisotopic (exact) mass is 545 g/mol. The molecule has 3 aliphatic rings. The summed E-state index contributed by atoms with van der Waals surface area (Å²) in [6.45, 7) is -0.254. The Bertz CT molecular complexity index is 1180. The molecule has 2 amide bonds. The fourth-order valence-corrected chi connectivity index (χ4v) is 6.69. The predicted molar refractivity (Wildman–Crippen MR) is 122 cm³/mol. The number of likely N-dealkylation sites (tertiary alicyclic amines) is 1. The molecule has 1 N–H and O–H groups in total. The van der Waals surface area contributed by atoms with Crippen molar-refractivity contribution >= 4 is 22.0 Å². The Kier molecular flexibility index (Phi) is 7.77. The van der Waals surface area contributed by atoms with Crippen molar-refractivity contribution in [3.8, 4) is 6.07 Å². The van der Waals surface area contributed by atoms with Gasteiger partial charge in [-0.1, -0.05) is 12.1 Å². The molecule has 3 fully saturated rings. The van der Waals surface area contributed by atoms with E-state index < -0.39 is 51.9 Å². The molecular weight excluding hydrogens is 518 g/mol. The Morgan fingerprint density at radius 2 is 1.86 bits per heavy atom. The maximum Gasteiger partial charge on any atom is 0.416 e. The van der Waals surface area contributed by atoms with E-state index in [9.17, 15) is 35.6 Å². The standard InChI is InChI=1S/C23H27F4N5O4S/c24-19-8-20(21(33)29-10-15-3-1-5-18(7-15)23(25,26)27)32(14-19)22(34)17-4-2-6-30(13-17)37(35,36)31-11-16(9-28)12-31/h1,3,5,7,16-17,19-20H,2,4,6,8,10-14H2,(H,29,33)/t17-,19-,20+/m0/s1. The van der Waals surface area contributed by atoms with Gasteiger partial charge in [0.1, 0.15) is 12.2 Å². The number of nitrogens with zero attached hydrogens (tertiary/aromatic N) is 4. The summed E-state index contributed by atoms with van der Waals surface area (Å²) in [5, 5.41) is 11.4. The molecule has 1 aromatic carbocycles. The first-order valence-electron chi connectivity index (χ1n) is 11.9. The SMILES string of the molecule is N#CC1CN(S(=O)(=O)N2CCC[C@H](C(=O)N3C[C@@H](F)C[C@@H]3C(=O)NCc3cccc(C(F)(F)F)c3)C2)C1. The predicted octanol–water partition coefficient (Wildman–Crippen LogP) is 1.67. The van der Waals surface area contributed by atoms with Crippen molar-refractivity contribution in [2.45, 2.75) is 44.2 Å². The first-order chi connectivity index (χ1) is 17.4. The molecule has 202 valence electrons. The minimum absolute atomic E-state index is 0.0950. The Balaban J connectivity index is 1.39. The van der Waals surface area contributed by atoms with Gasteiger partial charge in [0.2, 0.25) is 11.8 Å². The molecule has 4 rings (SSSR count). The van der Waals surface area contributed by atoms with Crippen LogP contribution in [0.15, 0.2) is 24.3 Å². The number of nitrogens with one attached hydrogen (secondary N) is 1. The fourth-order valence-electron chi connectivity index (χ4n) is 4.90. The van der Waals surface area contributed by atoms with E-state index in [4.69, 9.17) is 5.26 Å². The van der Waals surface area contributed by atoms with E-state index in [1.165, 1.54) is 20.7 Å². The van der Waals surface area contributed by atoms with E-state index in [1.807, 2.05) is 6.07 Å². The van der Waals surface area contributed by atoms with Crippen molar-refractivity contribution in [1.29, 1.82) is 5.26 Å². The zero-order valence-electron chi connectivity index (χ0n) is 19.8. The summed E-state index contributed by atoms with van der Waals surface area (Å²) in [5.41, 5.74) is -0.660. The van der Waals surface area contributed by atoms with E-state index in [2.05, 4.69) is 5.32 Å². The van der Waals surface area contributed by atoms with E-state index in [-0.39, 0.29) is 57.2 Å². The van der Waals surface area contributed by atoms with E-state index >= 15 is 0 Å². The lowest BCUT2D eigenvalue weighted by atomic mass is 9.97. The minimum Gasteiger partial charge on any atom is -0.350 e. The van der Waals surface area contributed by atoms with Gasteiger partial charge in [0.25, 0.3) is 10.2 Å². The molecule has 9 nitrogen and oxygen atoms in total. The Morgan fingerprint density at radius 1 is 1.14 bits per heavy atom. The molecule has 3 atom stereocenters. The third kappa shape index (κ3) is 5.89. The molecule has 14 heteroatoms. The second kappa shape index (κ2) is 10.5. The van der Waals surface area contributed by atoms with Crippen LogP contribution in [-0.4, -0.2) is 78.7 Å². The van der Waals surface area contributed by atoms with Gasteiger partial charge in [-0.15, -0.1) is 0 Å². The highest BCUT2D eigenvalue weighted by atomic mass is 32.2. The molecule has 0 bridgehead atoms. The first-order valence-corrected chi connectivity index (χ1v) is 13.3. The molecular formula is C23H27F4N5O4S. The average Bonchev–Trinajstić information content (AvgIpc) is 3.22. The third-order valence-corrected chi connectivity index (χ3v) is 8.91. The summed E-state index contributed by atoms with van der Waals surface area (Å²) in [6.07, 6.45) is -5.47. The maximum atomic E-state index is 14.3. The quantitative estimate of drug-likeness (QED) is 0.547. The van der Waals surface area contributed by atoms with Gasteiger partial charge in [-0.25, -0.2) is 4.39 Å². The van der Waals surface area contributed by atoms with Gasteiger partial charge in [0, 0.05) is 39.1 Å². The van der Waals surface area contributed by atoms with Crippen LogP contribution in [0.3, 0.4) is 0 Å². The van der Waals surface area contributed by atoms with Crippen LogP contribution in [0, 0.1) is 23.2 Å². The van der Waals surface area contributed by atoms with Gasteiger partial charge in [-0.05, 0) is 30.5 Å². The molecule has 1 aromatic rings. The normalized spacial score (nSPS) is 25.9. The highest BCUT2D eigenvalue weighted by Gasteiger charge is 2.45. The number of alkyl halides is 4. The molecule has 3 heterocycles. The first kappa shape index (κ1) is 27.3. The number of carbonyl (C=O) groups excluding carboxylic acids is 2. The van der Waals surface area contributed by atoms with Gasteiger partial charge in [-0.2, -0.15) is 35.5 Å². The highest BCUT2D eigenvalue weighted by molar-refractivity contribution is 7.86. The number of hydrogen-bond donors (Lipinski definition) is 1. The smallest absolute Gasteiger partial charge is 0.350 e. The lowest BCUT2D eigenvalue weighted by Gasteiger charge is -2.41. The molecule has 3 saturated heterocycles. The Labute approximate surface area is 212 Å². The number of carbonyl (C=O) groups is 2. The van der Waals surface area contributed by atoms with Gasteiger partial charge in [0.05, 0.1) is 30.0 Å². The summed E-state index contributed by atoms with van der Waals surface area (Å²) in [7, 11) is -3.84. The number of nitriles is 1. The van der Waals surface area contributed by atoms with Crippen LogP contribution in [0.1, 0.15) is 30.4 Å². The lowest BCUT2D eigenvalue weighted by molar-refractivity contribution is -0.142. The molecule has 0 saturated carbocycles. The maximum absolute atomic E-state index is 14.3. The summed E-state index contributed by atoms with van der Waals surface area (Å²) >= 11 is 0. The van der Waals surface area contributed by atoms with Crippen LogP contribution >= 0.6 is 0 Å². The second-order valence-corrected chi connectivity index (χ2v) is 11.5. The summed E-state index contributed by atoms with van der Waals surface area (Å²) in [6, 6.07) is 5.32. The molecule has 0 aromatic heterocycles. The Morgan fingerprint density at radius 3 is 2.54 bits per heavy atom. The van der Waals surface area contributed by atoms with Gasteiger partial charge < -0.3 is 10.2 Å².